The van der Waals surface area contributed by atoms with E-state index in [9.17, 15) is 14.4 Å². The summed E-state index contributed by atoms with van der Waals surface area (Å²) in [4.78, 5) is 38.1. The average molecular weight is 594 g/mol. The lowest BCUT2D eigenvalue weighted by atomic mass is 9.43. The number of carbonyl (C=O) groups is 3. The zero-order valence-electron chi connectivity index (χ0n) is 23.7. The summed E-state index contributed by atoms with van der Waals surface area (Å²) in [6, 6.07) is 9.49. The van der Waals surface area contributed by atoms with E-state index >= 15 is 0 Å². The molecule has 1 amide bonds. The van der Waals surface area contributed by atoms with Crippen LogP contribution in [0.15, 0.2) is 30.3 Å². The number of quaternary nitrogens is 1. The Morgan fingerprint density at radius 3 is 2.16 bits per heavy atom. The van der Waals surface area contributed by atoms with Gasteiger partial charge in [0.15, 0.2) is 6.10 Å². The van der Waals surface area contributed by atoms with Gasteiger partial charge in [0.2, 0.25) is 5.91 Å². The van der Waals surface area contributed by atoms with Gasteiger partial charge in [-0.25, -0.2) is 0 Å². The predicted octanol–water partition coefficient (Wildman–Crippen LogP) is 1.39. The Labute approximate surface area is 238 Å². The number of hydrogen-bond donors (Lipinski definition) is 1. The zero-order chi connectivity index (χ0) is 26.9. The van der Waals surface area contributed by atoms with Gasteiger partial charge in [-0.1, -0.05) is 44.2 Å². The molecule has 7 nitrogen and oxygen atoms in total. The van der Waals surface area contributed by atoms with E-state index in [1.54, 1.807) is 0 Å². The number of benzene rings is 1. The molecule has 212 valence electrons. The number of esters is 2. The number of hydrogen-bond acceptors (Lipinski definition) is 5. The first-order chi connectivity index (χ1) is 17.2. The van der Waals surface area contributed by atoms with Crippen molar-refractivity contribution in [3.63, 3.8) is 0 Å². The molecule has 2 unspecified atom stereocenters. The molecule has 0 aromatic heterocycles. The molecule has 0 spiro atoms. The summed E-state index contributed by atoms with van der Waals surface area (Å²) < 4.78 is 11.6. The minimum atomic E-state index is -0.609. The van der Waals surface area contributed by atoms with Crippen LogP contribution < -0.4 is 22.3 Å². The lowest BCUT2D eigenvalue weighted by Crippen LogP contribution is -3.00. The van der Waals surface area contributed by atoms with Gasteiger partial charge in [-0.3, -0.25) is 14.4 Å². The van der Waals surface area contributed by atoms with Crippen LogP contribution in [0.4, 0.5) is 0 Å². The van der Waals surface area contributed by atoms with Gasteiger partial charge in [0.05, 0.1) is 34.0 Å². The third-order valence-corrected chi connectivity index (χ3v) is 8.27. The molecule has 0 heterocycles. The minimum absolute atomic E-state index is 0. The fourth-order valence-electron chi connectivity index (χ4n) is 8.14. The Morgan fingerprint density at radius 2 is 1.58 bits per heavy atom. The van der Waals surface area contributed by atoms with Crippen LogP contribution in [-0.2, 0) is 30.5 Å². The maximum absolute atomic E-state index is 13.0. The number of rotatable bonds is 11. The van der Waals surface area contributed by atoms with Crippen LogP contribution in [0.3, 0.4) is 0 Å². The molecule has 0 saturated heterocycles. The summed E-state index contributed by atoms with van der Waals surface area (Å²) >= 11 is 0. The van der Waals surface area contributed by atoms with Crippen molar-refractivity contribution in [2.45, 2.75) is 89.9 Å². The Morgan fingerprint density at radius 1 is 0.947 bits per heavy atom. The molecule has 4 aliphatic carbocycles. The Hall–Kier alpha value is -1.93. The van der Waals surface area contributed by atoms with Gasteiger partial charge in [-0.15, -0.1) is 0 Å². The summed E-state index contributed by atoms with van der Waals surface area (Å²) in [7, 11) is 5.95. The third kappa shape index (κ3) is 8.28. The highest BCUT2D eigenvalue weighted by atomic mass is 79.9. The van der Waals surface area contributed by atoms with Gasteiger partial charge in [-0.05, 0) is 60.8 Å². The van der Waals surface area contributed by atoms with Gasteiger partial charge in [0.25, 0.3) is 0 Å². The van der Waals surface area contributed by atoms with E-state index in [0.29, 0.717) is 27.8 Å². The molecule has 4 aliphatic rings. The van der Waals surface area contributed by atoms with Gasteiger partial charge < -0.3 is 36.3 Å². The van der Waals surface area contributed by atoms with E-state index in [1.165, 1.54) is 19.3 Å². The number of carbonyl (C=O) groups excluding carboxylic acids is 3. The Balaban J connectivity index is 0.00000400. The second-order valence-electron chi connectivity index (χ2n) is 13.9. The van der Waals surface area contributed by atoms with Gasteiger partial charge in [0, 0.05) is 12.0 Å². The summed E-state index contributed by atoms with van der Waals surface area (Å²) in [6.07, 6.45) is 6.43. The van der Waals surface area contributed by atoms with Crippen LogP contribution in [0, 0.1) is 16.7 Å². The van der Waals surface area contributed by atoms with E-state index in [2.05, 4.69) is 19.2 Å². The van der Waals surface area contributed by atoms with E-state index in [-0.39, 0.29) is 54.3 Å². The van der Waals surface area contributed by atoms with Crippen LogP contribution in [0.2, 0.25) is 0 Å². The highest BCUT2D eigenvalue weighted by Gasteiger charge is 2.60. The van der Waals surface area contributed by atoms with Crippen molar-refractivity contribution in [2.75, 3.05) is 27.7 Å². The fraction of sp³-hybridized carbons (Fsp3) is 0.700. The molecular weight excluding hydrogens is 548 g/mol. The van der Waals surface area contributed by atoms with Crippen LogP contribution >= 0.6 is 0 Å². The lowest BCUT2D eigenvalue weighted by Gasteiger charge is -2.65. The number of nitrogens with zero attached hydrogens (tertiary/aromatic N) is 1. The summed E-state index contributed by atoms with van der Waals surface area (Å²) in [5.41, 5.74) is 1.41. The third-order valence-electron chi connectivity index (χ3n) is 8.27. The quantitative estimate of drug-likeness (QED) is 0.310. The van der Waals surface area contributed by atoms with E-state index in [4.69, 9.17) is 9.47 Å². The summed E-state index contributed by atoms with van der Waals surface area (Å²) in [6.45, 7) is 5.42. The Kier molecular flexibility index (Phi) is 9.40. The van der Waals surface area contributed by atoms with Gasteiger partial charge >= 0.3 is 11.9 Å². The van der Waals surface area contributed by atoms with E-state index in [0.717, 1.165) is 24.8 Å². The van der Waals surface area contributed by atoms with Crippen LogP contribution in [-0.4, -0.2) is 61.7 Å². The van der Waals surface area contributed by atoms with Gasteiger partial charge in [0.1, 0.15) is 13.2 Å². The molecule has 3 atom stereocenters. The SMILES string of the molecule is CC12CC3CC(C)(C1)CC(NC(=O)CCC(=O)O[C@@H](CC(=O)OCc1ccccc1)C[N+](C)(C)C)(C3)C2.[Br-]. The molecule has 1 aromatic carbocycles. The molecule has 5 rings (SSSR count). The average Bonchev–Trinajstić information content (AvgIpc) is 2.73. The van der Waals surface area contributed by atoms with Gasteiger partial charge in [-0.2, -0.15) is 0 Å². The first-order valence-electron chi connectivity index (χ1n) is 13.8. The first kappa shape index (κ1) is 30.6. The zero-order valence-corrected chi connectivity index (χ0v) is 25.3. The molecule has 1 aromatic rings. The van der Waals surface area contributed by atoms with Crippen LogP contribution in [0.5, 0.6) is 0 Å². The van der Waals surface area contributed by atoms with E-state index in [1.807, 2.05) is 51.5 Å². The highest BCUT2D eigenvalue weighted by molar-refractivity contribution is 5.82. The largest absolute Gasteiger partial charge is 1.00 e. The smallest absolute Gasteiger partial charge is 0.310 e. The second-order valence-corrected chi connectivity index (χ2v) is 13.9. The lowest BCUT2D eigenvalue weighted by molar-refractivity contribution is -0.873. The maximum Gasteiger partial charge on any atom is 0.310 e. The van der Waals surface area contributed by atoms with Crippen LogP contribution in [0.1, 0.15) is 77.2 Å². The number of likely N-dealkylation sites (N-methyl/N-ethyl adjacent to an activating group) is 1. The first-order valence-corrected chi connectivity index (χ1v) is 13.8. The van der Waals surface area contributed by atoms with Crippen LogP contribution in [0.25, 0.3) is 0 Å². The highest BCUT2D eigenvalue weighted by Crippen LogP contribution is 2.66. The molecular formula is C30H45BrN2O5. The minimum Gasteiger partial charge on any atom is -1.00 e. The number of nitrogens with one attached hydrogen (secondary N) is 1. The maximum atomic E-state index is 13.0. The molecule has 0 aliphatic heterocycles. The fourth-order valence-corrected chi connectivity index (χ4v) is 8.14. The Bertz CT molecular complexity index is 990. The molecule has 8 heteroatoms. The number of ether oxygens (including phenoxy) is 2. The molecule has 1 N–H and O–H groups in total. The molecule has 38 heavy (non-hydrogen) atoms. The molecule has 0 radical (unpaired) electrons. The standard InChI is InChI=1S/C30H44N2O5.BrH/c1-28-14-23-15-29(2,19-28)21-30(16-23,20-28)31-25(33)11-12-26(34)37-24(17-32(3,4)5)13-27(35)36-18-22-9-7-6-8-10-22;/h6-10,23-24H,11-21H2,1-5H3;1H/t23?,24-,28?,29?,30?;/m0./s1. The van der Waals surface area contributed by atoms with Crippen molar-refractivity contribution in [2.24, 2.45) is 16.7 Å². The topological polar surface area (TPSA) is 81.7 Å². The van der Waals surface area contributed by atoms with Crippen molar-refractivity contribution in [1.29, 1.82) is 0 Å². The van der Waals surface area contributed by atoms with Crippen molar-refractivity contribution in [3.8, 4) is 0 Å². The van der Waals surface area contributed by atoms with Crippen molar-refractivity contribution in [1.82, 2.24) is 5.32 Å². The van der Waals surface area contributed by atoms with Crippen molar-refractivity contribution >= 4 is 17.8 Å². The number of halogens is 1. The predicted molar refractivity (Wildman–Crippen MR) is 141 cm³/mol. The number of amides is 1. The van der Waals surface area contributed by atoms with Crippen molar-refractivity contribution < 1.29 is 45.3 Å². The molecule has 4 fully saturated rings. The van der Waals surface area contributed by atoms with Crippen molar-refractivity contribution in [3.05, 3.63) is 35.9 Å². The summed E-state index contributed by atoms with van der Waals surface area (Å²) in [5, 5.41) is 3.36. The summed E-state index contributed by atoms with van der Waals surface area (Å²) in [5.74, 6) is -0.239. The van der Waals surface area contributed by atoms with E-state index < -0.39 is 18.0 Å². The normalized spacial score (nSPS) is 30.2. The monoisotopic (exact) mass is 592 g/mol. The molecule has 4 saturated carbocycles. The molecule has 4 bridgehead atoms. The second kappa shape index (κ2) is 11.7.